The normalized spacial score (nSPS) is 14.8. The highest BCUT2D eigenvalue weighted by atomic mass is 19.1. The number of halogens is 1. The number of benzene rings is 2. The second-order valence-corrected chi connectivity index (χ2v) is 6.49. The van der Waals surface area contributed by atoms with Crippen molar-refractivity contribution in [3.05, 3.63) is 88.4 Å². The van der Waals surface area contributed by atoms with Crippen LogP contribution >= 0.6 is 0 Å². The number of hydrogen-bond acceptors (Lipinski definition) is 3. The van der Waals surface area contributed by atoms with Gasteiger partial charge in [-0.1, -0.05) is 30.3 Å². The van der Waals surface area contributed by atoms with Gasteiger partial charge in [-0.2, -0.15) is 5.10 Å². The van der Waals surface area contributed by atoms with Crippen molar-refractivity contribution >= 4 is 22.7 Å². The average Bonchev–Trinajstić information content (AvgIpc) is 3.30. The first kappa shape index (κ1) is 15.7. The molecule has 0 unspecified atom stereocenters. The van der Waals surface area contributed by atoms with Gasteiger partial charge in [-0.05, 0) is 47.9 Å². The summed E-state index contributed by atoms with van der Waals surface area (Å²) >= 11 is 0. The van der Waals surface area contributed by atoms with Gasteiger partial charge in [0.05, 0.1) is 11.9 Å². The van der Waals surface area contributed by atoms with E-state index >= 15 is 0 Å². The third kappa shape index (κ3) is 2.57. The largest absolute Gasteiger partial charge is 0.292 e. The first-order chi connectivity index (χ1) is 13.2. The fourth-order valence-corrected chi connectivity index (χ4v) is 3.45. The standard InChI is InChI=1S/C21H15FN4O/c22-16-8-6-14(7-9-16)12-15-10-11-25-19(15)24-20-18(21(25)27)13-23-26(20)17-4-2-1-3-5-17/h1-9,12-13H,10-11H2/b15-12+. The van der Waals surface area contributed by atoms with E-state index in [0.717, 1.165) is 16.8 Å². The Bertz CT molecular complexity index is 1240. The molecule has 2 aromatic carbocycles. The minimum Gasteiger partial charge on any atom is -0.292 e. The van der Waals surface area contributed by atoms with Gasteiger partial charge in [-0.15, -0.1) is 0 Å². The molecule has 0 radical (unpaired) electrons. The lowest BCUT2D eigenvalue weighted by Gasteiger charge is -2.06. The molecule has 0 amide bonds. The molecule has 132 valence electrons. The van der Waals surface area contributed by atoms with Crippen molar-refractivity contribution in [3.63, 3.8) is 0 Å². The first-order valence-electron chi connectivity index (χ1n) is 8.71. The molecule has 6 heteroatoms. The zero-order chi connectivity index (χ0) is 18.4. The van der Waals surface area contributed by atoms with E-state index in [1.165, 1.54) is 12.1 Å². The SMILES string of the molecule is O=c1c2cnn(-c3ccccc3)c2nc2n1CC/C2=C\c1ccc(F)cc1. The Morgan fingerprint density at radius 1 is 1.04 bits per heavy atom. The lowest BCUT2D eigenvalue weighted by molar-refractivity contribution is 0.628. The van der Waals surface area contributed by atoms with Crippen LogP contribution < -0.4 is 5.56 Å². The van der Waals surface area contributed by atoms with Gasteiger partial charge in [0.15, 0.2) is 5.65 Å². The second-order valence-electron chi connectivity index (χ2n) is 6.49. The summed E-state index contributed by atoms with van der Waals surface area (Å²) < 4.78 is 16.5. The molecule has 0 N–H and O–H groups in total. The Morgan fingerprint density at radius 3 is 2.59 bits per heavy atom. The highest BCUT2D eigenvalue weighted by molar-refractivity contribution is 5.83. The van der Waals surface area contributed by atoms with Crippen molar-refractivity contribution in [2.24, 2.45) is 0 Å². The van der Waals surface area contributed by atoms with E-state index in [-0.39, 0.29) is 11.4 Å². The molecule has 0 aliphatic carbocycles. The Kier molecular flexibility index (Phi) is 3.50. The smallest absolute Gasteiger partial charge is 0.264 e. The van der Waals surface area contributed by atoms with Crippen LogP contribution in [0.4, 0.5) is 4.39 Å². The van der Waals surface area contributed by atoms with Gasteiger partial charge in [0.25, 0.3) is 5.56 Å². The summed E-state index contributed by atoms with van der Waals surface area (Å²) in [5.41, 5.74) is 3.16. The van der Waals surface area contributed by atoms with E-state index in [1.807, 2.05) is 36.4 Å². The molecule has 27 heavy (non-hydrogen) atoms. The zero-order valence-corrected chi connectivity index (χ0v) is 14.3. The summed E-state index contributed by atoms with van der Waals surface area (Å²) in [6.07, 6.45) is 4.25. The summed E-state index contributed by atoms with van der Waals surface area (Å²) in [5.74, 6) is 0.376. The van der Waals surface area contributed by atoms with Crippen LogP contribution in [0.3, 0.4) is 0 Å². The summed E-state index contributed by atoms with van der Waals surface area (Å²) in [5, 5.41) is 4.87. The second kappa shape index (κ2) is 6.02. The summed E-state index contributed by atoms with van der Waals surface area (Å²) in [4.78, 5) is 17.7. The maximum atomic E-state index is 13.1. The molecule has 5 nitrogen and oxygen atoms in total. The van der Waals surface area contributed by atoms with Gasteiger partial charge < -0.3 is 0 Å². The van der Waals surface area contributed by atoms with Gasteiger partial charge in [0, 0.05) is 6.54 Å². The fourth-order valence-electron chi connectivity index (χ4n) is 3.45. The molecule has 0 saturated carbocycles. The molecule has 0 spiro atoms. The topological polar surface area (TPSA) is 52.7 Å². The zero-order valence-electron chi connectivity index (χ0n) is 14.3. The van der Waals surface area contributed by atoms with Crippen LogP contribution in [0.5, 0.6) is 0 Å². The number of para-hydroxylation sites is 1. The molecule has 2 aromatic heterocycles. The Balaban J connectivity index is 1.69. The maximum Gasteiger partial charge on any atom is 0.264 e. The first-order valence-corrected chi connectivity index (χ1v) is 8.71. The molecular weight excluding hydrogens is 343 g/mol. The molecule has 5 rings (SSSR count). The number of rotatable bonds is 2. The molecule has 0 fully saturated rings. The van der Waals surface area contributed by atoms with Crippen molar-refractivity contribution < 1.29 is 4.39 Å². The molecule has 0 bridgehead atoms. The highest BCUT2D eigenvalue weighted by Crippen LogP contribution is 2.28. The van der Waals surface area contributed by atoms with E-state index < -0.39 is 0 Å². The average molecular weight is 358 g/mol. The van der Waals surface area contributed by atoms with Crippen LogP contribution in [0.25, 0.3) is 28.4 Å². The van der Waals surface area contributed by atoms with Gasteiger partial charge >= 0.3 is 0 Å². The van der Waals surface area contributed by atoms with Crippen LogP contribution in [0.15, 0.2) is 65.6 Å². The van der Waals surface area contributed by atoms with Crippen molar-refractivity contribution in [2.45, 2.75) is 13.0 Å². The fraction of sp³-hybridized carbons (Fsp3) is 0.0952. The molecular formula is C21H15FN4O. The number of hydrogen-bond donors (Lipinski definition) is 0. The van der Waals surface area contributed by atoms with Gasteiger partial charge in [-0.25, -0.2) is 14.1 Å². The molecule has 4 aromatic rings. The van der Waals surface area contributed by atoms with Crippen molar-refractivity contribution in [3.8, 4) is 5.69 Å². The lowest BCUT2D eigenvalue weighted by atomic mass is 10.1. The predicted molar refractivity (Wildman–Crippen MR) is 102 cm³/mol. The van der Waals surface area contributed by atoms with E-state index in [9.17, 15) is 9.18 Å². The van der Waals surface area contributed by atoms with Crippen molar-refractivity contribution in [2.75, 3.05) is 0 Å². The van der Waals surface area contributed by atoms with Crippen LogP contribution in [0.1, 0.15) is 17.8 Å². The Labute approximate surface area is 154 Å². The van der Waals surface area contributed by atoms with Crippen LogP contribution in [0, 0.1) is 5.82 Å². The highest BCUT2D eigenvalue weighted by Gasteiger charge is 2.23. The van der Waals surface area contributed by atoms with Gasteiger partial charge in [0.2, 0.25) is 0 Å². The summed E-state index contributed by atoms with van der Waals surface area (Å²) in [7, 11) is 0. The minimum atomic E-state index is -0.271. The van der Waals surface area contributed by atoms with Crippen LogP contribution in [-0.4, -0.2) is 19.3 Å². The van der Waals surface area contributed by atoms with Gasteiger partial charge in [0.1, 0.15) is 17.0 Å². The molecule has 1 aliphatic rings. The van der Waals surface area contributed by atoms with E-state index in [2.05, 4.69) is 5.10 Å². The predicted octanol–water partition coefficient (Wildman–Crippen LogP) is 3.67. The maximum absolute atomic E-state index is 13.1. The Morgan fingerprint density at radius 2 is 1.81 bits per heavy atom. The molecule has 1 aliphatic heterocycles. The third-order valence-corrected chi connectivity index (χ3v) is 4.79. The quantitative estimate of drug-likeness (QED) is 0.549. The molecule has 0 atom stereocenters. The monoisotopic (exact) mass is 358 g/mol. The minimum absolute atomic E-state index is 0.0836. The number of aromatic nitrogens is 4. The number of fused-ring (bicyclic) bond motifs is 2. The van der Waals surface area contributed by atoms with Crippen molar-refractivity contribution in [1.29, 1.82) is 0 Å². The lowest BCUT2D eigenvalue weighted by Crippen LogP contribution is -2.20. The van der Waals surface area contributed by atoms with E-state index in [1.54, 1.807) is 27.6 Å². The van der Waals surface area contributed by atoms with Crippen molar-refractivity contribution in [1.82, 2.24) is 19.3 Å². The van der Waals surface area contributed by atoms with Crippen LogP contribution in [-0.2, 0) is 6.54 Å². The Hall–Kier alpha value is -3.54. The molecule has 0 saturated heterocycles. The summed E-state index contributed by atoms with van der Waals surface area (Å²) in [6.45, 7) is 0.584. The number of nitrogens with zero attached hydrogens (tertiary/aromatic N) is 4. The number of allylic oxidation sites excluding steroid dienone is 1. The van der Waals surface area contributed by atoms with E-state index in [4.69, 9.17) is 4.98 Å². The van der Waals surface area contributed by atoms with Crippen LogP contribution in [0.2, 0.25) is 0 Å². The summed E-state index contributed by atoms with van der Waals surface area (Å²) in [6, 6.07) is 15.9. The van der Waals surface area contributed by atoms with Gasteiger partial charge in [-0.3, -0.25) is 9.36 Å². The third-order valence-electron chi connectivity index (χ3n) is 4.79. The van der Waals surface area contributed by atoms with E-state index in [0.29, 0.717) is 29.8 Å². The molecule has 3 heterocycles.